The minimum absolute atomic E-state index is 0.0428. The van der Waals surface area contributed by atoms with Crippen molar-refractivity contribution in [2.24, 2.45) is 0 Å². The zero-order valence-electron chi connectivity index (χ0n) is 16.9. The third kappa shape index (κ3) is 3.81. The Kier molecular flexibility index (Phi) is 5.27. The van der Waals surface area contributed by atoms with Crippen LogP contribution >= 0.6 is 11.8 Å². The second-order valence-electron chi connectivity index (χ2n) is 7.10. The maximum absolute atomic E-state index is 13.7. The van der Waals surface area contributed by atoms with Gasteiger partial charge in [0, 0.05) is 29.0 Å². The van der Waals surface area contributed by atoms with E-state index >= 15 is 0 Å². The molecule has 33 heavy (non-hydrogen) atoms. The molecule has 0 fully saturated rings. The summed E-state index contributed by atoms with van der Waals surface area (Å²) in [6.45, 7) is 0. The van der Waals surface area contributed by atoms with Crippen molar-refractivity contribution in [2.75, 3.05) is 0 Å². The van der Waals surface area contributed by atoms with Gasteiger partial charge in [0.1, 0.15) is 21.7 Å². The molecule has 0 amide bonds. The van der Waals surface area contributed by atoms with Crippen molar-refractivity contribution in [3.63, 3.8) is 0 Å². The van der Waals surface area contributed by atoms with Crippen LogP contribution in [0.25, 0.3) is 27.9 Å². The molecule has 0 saturated carbocycles. The largest absolute Gasteiger partial charge is 0.505 e. The fourth-order valence-electron chi connectivity index (χ4n) is 3.52. The summed E-state index contributed by atoms with van der Waals surface area (Å²) in [5.74, 6) is -0.915. The van der Waals surface area contributed by atoms with Gasteiger partial charge >= 0.3 is 5.63 Å². The van der Waals surface area contributed by atoms with Crippen molar-refractivity contribution < 1.29 is 13.9 Å². The number of fused-ring (bicyclic) bond motifs is 1. The molecule has 0 bridgehead atoms. The van der Waals surface area contributed by atoms with Gasteiger partial charge in [0.15, 0.2) is 5.75 Å². The topological polar surface area (TPSA) is 85.3 Å². The van der Waals surface area contributed by atoms with Gasteiger partial charge in [-0.3, -0.25) is 14.3 Å². The third-order valence-corrected chi connectivity index (χ3v) is 6.11. The summed E-state index contributed by atoms with van der Waals surface area (Å²) in [7, 11) is 0. The van der Waals surface area contributed by atoms with E-state index in [4.69, 9.17) is 4.42 Å². The lowest BCUT2D eigenvalue weighted by molar-refractivity contribution is 0.446. The van der Waals surface area contributed by atoms with E-state index in [1.807, 2.05) is 6.07 Å². The van der Waals surface area contributed by atoms with Gasteiger partial charge in [-0.25, -0.2) is 9.18 Å². The van der Waals surface area contributed by atoms with Gasteiger partial charge in [-0.1, -0.05) is 42.1 Å². The molecule has 8 heteroatoms. The highest BCUT2D eigenvalue weighted by Crippen LogP contribution is 2.36. The van der Waals surface area contributed by atoms with Crippen LogP contribution in [-0.2, 0) is 0 Å². The predicted octanol–water partition coefficient (Wildman–Crippen LogP) is 5.00. The number of halogens is 1. The Morgan fingerprint density at radius 2 is 1.64 bits per heavy atom. The van der Waals surface area contributed by atoms with E-state index in [0.717, 1.165) is 11.8 Å². The molecule has 0 saturated heterocycles. The van der Waals surface area contributed by atoms with Crippen LogP contribution in [0, 0.1) is 5.82 Å². The van der Waals surface area contributed by atoms with Crippen LogP contribution in [0.5, 0.6) is 5.75 Å². The molecule has 1 N–H and O–H groups in total. The van der Waals surface area contributed by atoms with E-state index in [1.165, 1.54) is 34.9 Å². The number of nitrogens with zero attached hydrogens (tertiary/aromatic N) is 2. The second kappa shape index (κ2) is 8.40. The first-order chi connectivity index (χ1) is 16.0. The first-order valence-electron chi connectivity index (χ1n) is 9.88. The predicted molar refractivity (Wildman–Crippen MR) is 123 cm³/mol. The lowest BCUT2D eigenvalue weighted by atomic mass is 10.1. The molecule has 5 aromatic rings. The number of hydrogen-bond acceptors (Lipinski definition) is 6. The molecular formula is C25H15FN2O4S. The Bertz CT molecular complexity index is 1580. The lowest BCUT2D eigenvalue weighted by Crippen LogP contribution is -2.21. The highest BCUT2D eigenvalue weighted by atomic mass is 32.2. The molecule has 0 aliphatic carbocycles. The summed E-state index contributed by atoms with van der Waals surface area (Å²) >= 11 is 0.975. The lowest BCUT2D eigenvalue weighted by Gasteiger charge is -2.15. The summed E-state index contributed by atoms with van der Waals surface area (Å²) < 4.78 is 20.4. The summed E-state index contributed by atoms with van der Waals surface area (Å²) in [6, 6.07) is 19.3. The van der Waals surface area contributed by atoms with Crippen molar-refractivity contribution >= 4 is 22.7 Å². The number of benzene rings is 2. The smallest absolute Gasteiger partial charge is 0.354 e. The fraction of sp³-hybridized carbons (Fsp3) is 0. The Hall–Kier alpha value is -4.17. The maximum atomic E-state index is 13.7. The Morgan fingerprint density at radius 1 is 0.939 bits per heavy atom. The van der Waals surface area contributed by atoms with Crippen molar-refractivity contribution in [3.05, 3.63) is 112 Å². The average Bonchev–Trinajstić information content (AvgIpc) is 2.83. The van der Waals surface area contributed by atoms with Crippen molar-refractivity contribution in [2.45, 2.75) is 9.79 Å². The van der Waals surface area contributed by atoms with Gasteiger partial charge in [-0.2, -0.15) is 0 Å². The molecule has 0 radical (unpaired) electrons. The van der Waals surface area contributed by atoms with E-state index in [-0.39, 0.29) is 15.9 Å². The highest BCUT2D eigenvalue weighted by molar-refractivity contribution is 7.99. The SMILES string of the molecule is O=c1oc2cc(-c3ccccc3)n(-c3ccc(F)cc3)c(=O)c2c(O)c1Sc1ccncc1. The Labute approximate surface area is 190 Å². The van der Waals surface area contributed by atoms with Gasteiger partial charge in [-0.05, 0) is 42.0 Å². The number of aromatic nitrogens is 2. The normalized spacial score (nSPS) is 11.1. The van der Waals surface area contributed by atoms with Crippen LogP contribution in [0.3, 0.4) is 0 Å². The molecule has 3 aromatic heterocycles. The average molecular weight is 458 g/mol. The summed E-state index contributed by atoms with van der Waals surface area (Å²) in [4.78, 5) is 30.8. The van der Waals surface area contributed by atoms with Crippen LogP contribution in [0.1, 0.15) is 0 Å². The van der Waals surface area contributed by atoms with E-state index in [1.54, 1.807) is 48.8 Å². The molecule has 3 heterocycles. The molecule has 162 valence electrons. The van der Waals surface area contributed by atoms with Gasteiger partial charge in [-0.15, -0.1) is 0 Å². The summed E-state index contributed by atoms with van der Waals surface area (Å²) in [5, 5.41) is 10.8. The first-order valence-corrected chi connectivity index (χ1v) is 10.7. The van der Waals surface area contributed by atoms with E-state index < -0.39 is 22.8 Å². The van der Waals surface area contributed by atoms with E-state index in [2.05, 4.69) is 4.98 Å². The van der Waals surface area contributed by atoms with Crippen molar-refractivity contribution in [1.29, 1.82) is 0 Å². The van der Waals surface area contributed by atoms with Crippen LogP contribution in [0.15, 0.2) is 109 Å². The Balaban J connectivity index is 1.82. The van der Waals surface area contributed by atoms with Gasteiger partial charge in [0.05, 0.1) is 5.69 Å². The standard InChI is InChI=1S/C25H15FN2O4S/c26-16-6-8-17(9-7-16)28-19(15-4-2-1-3-5-15)14-20-21(24(28)30)22(29)23(25(31)32-20)33-18-10-12-27-13-11-18/h1-14,29H. The Morgan fingerprint density at radius 3 is 2.33 bits per heavy atom. The minimum atomic E-state index is -0.764. The summed E-state index contributed by atoms with van der Waals surface area (Å²) in [6.07, 6.45) is 3.10. The molecule has 0 unspecified atom stereocenters. The van der Waals surface area contributed by atoms with Crippen LogP contribution in [0.2, 0.25) is 0 Å². The van der Waals surface area contributed by atoms with Gasteiger partial charge < -0.3 is 9.52 Å². The van der Waals surface area contributed by atoms with Crippen LogP contribution in [-0.4, -0.2) is 14.7 Å². The van der Waals surface area contributed by atoms with Crippen LogP contribution in [0.4, 0.5) is 4.39 Å². The quantitative estimate of drug-likeness (QED) is 0.408. The van der Waals surface area contributed by atoms with E-state index in [9.17, 15) is 19.1 Å². The molecule has 0 atom stereocenters. The molecular weight excluding hydrogens is 443 g/mol. The molecule has 6 nitrogen and oxygen atoms in total. The summed E-state index contributed by atoms with van der Waals surface area (Å²) in [5.41, 5.74) is 0.0976. The van der Waals surface area contributed by atoms with Crippen molar-refractivity contribution in [3.8, 4) is 22.7 Å². The molecule has 0 aliphatic rings. The fourth-order valence-corrected chi connectivity index (χ4v) is 4.34. The number of rotatable bonds is 4. The van der Waals surface area contributed by atoms with Crippen LogP contribution < -0.4 is 11.2 Å². The number of aromatic hydroxyl groups is 1. The third-order valence-electron chi connectivity index (χ3n) is 5.04. The monoisotopic (exact) mass is 458 g/mol. The molecule has 0 aliphatic heterocycles. The highest BCUT2D eigenvalue weighted by Gasteiger charge is 2.22. The zero-order valence-corrected chi connectivity index (χ0v) is 17.8. The number of hydrogen-bond donors (Lipinski definition) is 1. The second-order valence-corrected chi connectivity index (χ2v) is 8.19. The molecule has 5 rings (SSSR count). The number of pyridine rings is 2. The van der Waals surface area contributed by atoms with Gasteiger partial charge in [0.25, 0.3) is 5.56 Å². The zero-order chi connectivity index (χ0) is 22.9. The van der Waals surface area contributed by atoms with Gasteiger partial charge in [0.2, 0.25) is 0 Å². The molecule has 0 spiro atoms. The maximum Gasteiger partial charge on any atom is 0.354 e. The first kappa shape index (κ1) is 20.7. The molecule has 2 aromatic carbocycles. The van der Waals surface area contributed by atoms with Crippen molar-refractivity contribution in [1.82, 2.24) is 9.55 Å². The van der Waals surface area contributed by atoms with E-state index in [0.29, 0.717) is 21.8 Å². The minimum Gasteiger partial charge on any atom is -0.505 e.